The Labute approximate surface area is 117 Å². The maximum Gasteiger partial charge on any atom is 0.0610 e. The molecule has 2 nitrogen and oxygen atoms in total. The van der Waals surface area contributed by atoms with Crippen molar-refractivity contribution in [2.45, 2.75) is 52.5 Å². The van der Waals surface area contributed by atoms with Crippen molar-refractivity contribution in [3.63, 3.8) is 0 Å². The predicted octanol–water partition coefficient (Wildman–Crippen LogP) is 4.33. The van der Waals surface area contributed by atoms with Crippen LogP contribution in [0.2, 0.25) is 0 Å². The Morgan fingerprint density at radius 3 is 2.53 bits per heavy atom. The Morgan fingerprint density at radius 1 is 1.26 bits per heavy atom. The summed E-state index contributed by atoms with van der Waals surface area (Å²) in [5.74, 6) is 0.545. The highest BCUT2D eigenvalue weighted by Crippen LogP contribution is 2.32. The van der Waals surface area contributed by atoms with E-state index in [1.165, 1.54) is 23.2 Å². The van der Waals surface area contributed by atoms with Crippen molar-refractivity contribution in [3.8, 4) is 0 Å². The average Bonchev–Trinajstić information content (AvgIpc) is 2.70. The Hall–Kier alpha value is -1.28. The number of nitrogens with zero attached hydrogens (tertiary/aromatic N) is 2. The first-order valence-electron chi connectivity index (χ1n) is 7.37. The summed E-state index contributed by atoms with van der Waals surface area (Å²) in [6.07, 6.45) is 6.79. The number of benzene rings is 1. The maximum absolute atomic E-state index is 2.36. The van der Waals surface area contributed by atoms with E-state index in [1.807, 2.05) is 0 Å². The van der Waals surface area contributed by atoms with Gasteiger partial charge in [0.25, 0.3) is 0 Å². The fourth-order valence-corrected chi connectivity index (χ4v) is 2.60. The molecule has 1 aromatic carbocycles. The largest absolute Gasteiger partial charge is 0.281 e. The number of anilines is 1. The molecule has 1 aliphatic rings. The van der Waals surface area contributed by atoms with Crippen molar-refractivity contribution in [2.75, 3.05) is 12.1 Å². The Kier molecular flexibility index (Phi) is 4.31. The van der Waals surface area contributed by atoms with Crippen LogP contribution >= 0.6 is 0 Å². The number of aryl methyl sites for hydroxylation is 1. The van der Waals surface area contributed by atoms with Crippen LogP contribution in [-0.4, -0.2) is 18.1 Å². The molecular weight excluding hydrogens is 232 g/mol. The van der Waals surface area contributed by atoms with Crippen molar-refractivity contribution < 1.29 is 0 Å². The maximum atomic E-state index is 2.36. The number of hydrogen-bond donors (Lipinski definition) is 0. The summed E-state index contributed by atoms with van der Waals surface area (Å²) in [6, 6.07) is 7.41. The summed E-state index contributed by atoms with van der Waals surface area (Å²) in [4.78, 5) is 0. The summed E-state index contributed by atoms with van der Waals surface area (Å²) < 4.78 is 0. The van der Waals surface area contributed by atoms with Gasteiger partial charge in [-0.15, -0.1) is 0 Å². The molecule has 0 amide bonds. The third kappa shape index (κ3) is 2.84. The normalized spacial score (nSPS) is 19.7. The van der Waals surface area contributed by atoms with Crippen molar-refractivity contribution in [1.29, 1.82) is 0 Å². The molecule has 0 radical (unpaired) electrons. The lowest BCUT2D eigenvalue weighted by Crippen LogP contribution is -2.36. The lowest BCUT2D eigenvalue weighted by molar-refractivity contribution is 0.321. The van der Waals surface area contributed by atoms with Crippen LogP contribution in [0.4, 0.5) is 5.69 Å². The molecule has 0 saturated heterocycles. The molecule has 0 aliphatic carbocycles. The van der Waals surface area contributed by atoms with Crippen LogP contribution < -0.4 is 5.01 Å². The van der Waals surface area contributed by atoms with Crippen LogP contribution in [0.5, 0.6) is 0 Å². The molecule has 0 N–H and O–H groups in total. The van der Waals surface area contributed by atoms with E-state index in [1.54, 1.807) is 0 Å². The fraction of sp³-hybridized carbons (Fsp3) is 0.529. The van der Waals surface area contributed by atoms with E-state index in [9.17, 15) is 0 Å². The molecule has 0 aromatic heterocycles. The van der Waals surface area contributed by atoms with Crippen molar-refractivity contribution in [2.24, 2.45) is 0 Å². The Balaban J connectivity index is 2.40. The van der Waals surface area contributed by atoms with E-state index in [2.05, 4.69) is 75.2 Å². The van der Waals surface area contributed by atoms with E-state index in [4.69, 9.17) is 0 Å². The molecular formula is C17H26N2. The second-order valence-electron chi connectivity index (χ2n) is 5.80. The molecule has 0 bridgehead atoms. The quantitative estimate of drug-likeness (QED) is 0.793. The molecule has 0 spiro atoms. The summed E-state index contributed by atoms with van der Waals surface area (Å²) in [6.45, 7) is 8.99. The molecule has 1 atom stereocenters. The second-order valence-corrected chi connectivity index (χ2v) is 5.80. The van der Waals surface area contributed by atoms with E-state index < -0.39 is 0 Å². The summed E-state index contributed by atoms with van der Waals surface area (Å²) >= 11 is 0. The summed E-state index contributed by atoms with van der Waals surface area (Å²) in [7, 11) is 2.15. The van der Waals surface area contributed by atoms with Gasteiger partial charge in [-0.2, -0.15) is 0 Å². The van der Waals surface area contributed by atoms with Crippen molar-refractivity contribution in [3.05, 3.63) is 41.6 Å². The Morgan fingerprint density at radius 2 is 2.00 bits per heavy atom. The van der Waals surface area contributed by atoms with Gasteiger partial charge in [0.05, 0.1) is 5.69 Å². The van der Waals surface area contributed by atoms with Crippen LogP contribution in [0.3, 0.4) is 0 Å². The minimum Gasteiger partial charge on any atom is -0.281 e. The average molecular weight is 258 g/mol. The van der Waals surface area contributed by atoms with Crippen LogP contribution in [-0.2, 0) is 6.42 Å². The SMILES string of the molecule is CCCc1ccc(C(C)C)c(N2C=CC(C)N2C)c1. The number of hydrazine groups is 1. The third-order valence-electron chi connectivity index (χ3n) is 3.94. The van der Waals surface area contributed by atoms with Gasteiger partial charge >= 0.3 is 0 Å². The lowest BCUT2D eigenvalue weighted by Gasteiger charge is -2.31. The van der Waals surface area contributed by atoms with E-state index >= 15 is 0 Å². The number of likely N-dealkylation sites (N-methyl/N-ethyl adjacent to an activating group) is 1. The van der Waals surface area contributed by atoms with E-state index in [-0.39, 0.29) is 0 Å². The molecule has 1 heterocycles. The standard InChI is InChI=1S/C17H26N2/c1-6-7-15-8-9-16(13(2)3)17(12-15)19-11-10-14(4)18(19)5/h8-14H,6-7H2,1-5H3. The molecule has 2 heteroatoms. The van der Waals surface area contributed by atoms with Gasteiger partial charge in [-0.05, 0) is 42.5 Å². The summed E-state index contributed by atoms with van der Waals surface area (Å²) in [5.41, 5.74) is 4.19. The van der Waals surface area contributed by atoms with Gasteiger partial charge in [0, 0.05) is 19.3 Å². The van der Waals surface area contributed by atoms with Crippen LogP contribution in [0, 0.1) is 0 Å². The third-order valence-corrected chi connectivity index (χ3v) is 3.94. The van der Waals surface area contributed by atoms with Crippen molar-refractivity contribution in [1.82, 2.24) is 5.01 Å². The van der Waals surface area contributed by atoms with E-state index in [0.29, 0.717) is 12.0 Å². The molecule has 1 unspecified atom stereocenters. The van der Waals surface area contributed by atoms with Gasteiger partial charge in [0.1, 0.15) is 0 Å². The molecule has 104 valence electrons. The molecule has 1 aromatic rings. The molecule has 19 heavy (non-hydrogen) atoms. The van der Waals surface area contributed by atoms with Crippen molar-refractivity contribution >= 4 is 5.69 Å². The van der Waals surface area contributed by atoms with Gasteiger partial charge in [-0.1, -0.05) is 39.3 Å². The second kappa shape index (κ2) is 5.79. The highest BCUT2D eigenvalue weighted by Gasteiger charge is 2.23. The van der Waals surface area contributed by atoms with E-state index in [0.717, 1.165) is 6.42 Å². The van der Waals surface area contributed by atoms with Gasteiger partial charge in [0.15, 0.2) is 0 Å². The lowest BCUT2D eigenvalue weighted by atomic mass is 9.97. The highest BCUT2D eigenvalue weighted by molar-refractivity contribution is 5.59. The van der Waals surface area contributed by atoms with Crippen LogP contribution in [0.1, 0.15) is 51.2 Å². The smallest absolute Gasteiger partial charge is 0.0610 e. The first-order valence-corrected chi connectivity index (χ1v) is 7.37. The minimum absolute atomic E-state index is 0.467. The topological polar surface area (TPSA) is 6.48 Å². The van der Waals surface area contributed by atoms with Crippen LogP contribution in [0.15, 0.2) is 30.5 Å². The fourth-order valence-electron chi connectivity index (χ4n) is 2.60. The zero-order valence-electron chi connectivity index (χ0n) is 12.9. The Bertz CT molecular complexity index is 462. The first kappa shape index (κ1) is 14.1. The minimum atomic E-state index is 0.467. The molecule has 1 aliphatic heterocycles. The van der Waals surface area contributed by atoms with Gasteiger partial charge in [-0.3, -0.25) is 5.01 Å². The van der Waals surface area contributed by atoms with Gasteiger partial charge in [-0.25, -0.2) is 5.01 Å². The zero-order chi connectivity index (χ0) is 14.0. The molecule has 0 saturated carbocycles. The first-order chi connectivity index (χ1) is 9.04. The highest BCUT2D eigenvalue weighted by atomic mass is 15.6. The van der Waals surface area contributed by atoms with Gasteiger partial charge in [0.2, 0.25) is 0 Å². The summed E-state index contributed by atoms with van der Waals surface area (Å²) in [5, 5.41) is 4.58. The molecule has 0 fully saturated rings. The predicted molar refractivity (Wildman–Crippen MR) is 83.4 cm³/mol. The monoisotopic (exact) mass is 258 g/mol. The molecule has 2 rings (SSSR count). The number of rotatable bonds is 4. The van der Waals surface area contributed by atoms with Crippen LogP contribution in [0.25, 0.3) is 0 Å². The number of hydrogen-bond acceptors (Lipinski definition) is 2. The zero-order valence-corrected chi connectivity index (χ0v) is 12.9. The van der Waals surface area contributed by atoms with Gasteiger partial charge < -0.3 is 0 Å².